The Hall–Kier alpha value is -3.14. The zero-order valence-electron chi connectivity index (χ0n) is 19.3. The average molecular weight is 471 g/mol. The fourth-order valence-electron chi connectivity index (χ4n) is 4.52. The number of nitrogens with one attached hydrogen (secondary N) is 2. The van der Waals surface area contributed by atoms with Gasteiger partial charge in [-0.2, -0.15) is 0 Å². The first-order chi connectivity index (χ1) is 16.5. The molecule has 1 fully saturated rings. The Morgan fingerprint density at radius 2 is 1.91 bits per heavy atom. The van der Waals surface area contributed by atoms with Gasteiger partial charge in [-0.3, -0.25) is 9.59 Å². The van der Waals surface area contributed by atoms with Crippen LogP contribution in [0.1, 0.15) is 29.9 Å². The molecule has 9 heteroatoms. The fourth-order valence-corrected chi connectivity index (χ4v) is 4.52. The van der Waals surface area contributed by atoms with E-state index < -0.39 is 6.10 Å². The number of amides is 2. The van der Waals surface area contributed by atoms with Gasteiger partial charge >= 0.3 is 0 Å². The average Bonchev–Trinajstić information content (AvgIpc) is 3.20. The minimum Gasteiger partial charge on any atom is -0.497 e. The quantitative estimate of drug-likeness (QED) is 0.513. The summed E-state index contributed by atoms with van der Waals surface area (Å²) in [6, 6.07) is 13.0. The van der Waals surface area contributed by atoms with Gasteiger partial charge in [0.1, 0.15) is 30.3 Å². The van der Waals surface area contributed by atoms with Gasteiger partial charge in [-0.1, -0.05) is 12.1 Å². The van der Waals surface area contributed by atoms with Gasteiger partial charge in [-0.25, -0.2) is 0 Å². The zero-order chi connectivity index (χ0) is 24.1. The number of carbonyl (C=O) groups is 2. The van der Waals surface area contributed by atoms with Crippen molar-refractivity contribution in [3.8, 4) is 11.5 Å². The van der Waals surface area contributed by atoms with E-state index >= 15 is 0 Å². The first-order valence-electron chi connectivity index (χ1n) is 11.3. The highest BCUT2D eigenvalue weighted by atomic mass is 16.6. The predicted molar refractivity (Wildman–Crippen MR) is 124 cm³/mol. The normalized spacial score (nSPS) is 22.8. The lowest BCUT2D eigenvalue weighted by atomic mass is 9.84. The Morgan fingerprint density at radius 1 is 1.12 bits per heavy atom. The molecule has 2 aliphatic rings. The van der Waals surface area contributed by atoms with Crippen LogP contribution in [0.25, 0.3) is 0 Å². The van der Waals surface area contributed by atoms with Crippen LogP contribution in [0, 0.1) is 0 Å². The third kappa shape index (κ3) is 5.49. The van der Waals surface area contributed by atoms with Crippen LogP contribution in [-0.4, -0.2) is 62.7 Å². The molecule has 0 aromatic heterocycles. The summed E-state index contributed by atoms with van der Waals surface area (Å²) in [7, 11) is 3.07. The minimum absolute atomic E-state index is 0.0340. The first kappa shape index (κ1) is 24.0. The van der Waals surface area contributed by atoms with Crippen molar-refractivity contribution in [3.63, 3.8) is 0 Å². The van der Waals surface area contributed by atoms with Gasteiger partial charge in [-0.05, 0) is 42.3 Å². The fraction of sp³-hybridized carbons (Fsp3) is 0.440. The Kier molecular flexibility index (Phi) is 7.66. The number of methoxy groups -OCH3 is 2. The molecule has 4 atom stereocenters. The number of hydrogen-bond acceptors (Lipinski definition) is 7. The molecule has 3 N–H and O–H groups in total. The molecule has 182 valence electrons. The summed E-state index contributed by atoms with van der Waals surface area (Å²) in [5.41, 5.74) is 2.55. The maximum atomic E-state index is 12.6. The highest BCUT2D eigenvalue weighted by Gasteiger charge is 2.46. The van der Waals surface area contributed by atoms with Crippen molar-refractivity contribution >= 4 is 17.5 Å². The molecule has 0 spiro atoms. The minimum atomic E-state index is -0.544. The van der Waals surface area contributed by atoms with E-state index in [2.05, 4.69) is 10.6 Å². The van der Waals surface area contributed by atoms with Crippen LogP contribution in [0.2, 0.25) is 0 Å². The Bertz CT molecular complexity index is 1010. The number of hydrogen-bond donors (Lipinski definition) is 3. The molecule has 0 radical (unpaired) electrons. The van der Waals surface area contributed by atoms with Crippen molar-refractivity contribution in [3.05, 3.63) is 53.6 Å². The second-order valence-electron chi connectivity index (χ2n) is 8.47. The highest BCUT2D eigenvalue weighted by molar-refractivity contribution is 5.92. The number of aliphatic hydroxyl groups excluding tert-OH is 1. The van der Waals surface area contributed by atoms with Crippen LogP contribution in [0.3, 0.4) is 0 Å². The monoisotopic (exact) mass is 470 g/mol. The molecule has 0 saturated carbocycles. The van der Waals surface area contributed by atoms with Crippen LogP contribution in [0.4, 0.5) is 5.69 Å². The molecular weight excluding hydrogens is 440 g/mol. The predicted octanol–water partition coefficient (Wildman–Crippen LogP) is 1.98. The van der Waals surface area contributed by atoms with Crippen molar-refractivity contribution in [1.29, 1.82) is 0 Å². The number of anilines is 1. The molecule has 9 nitrogen and oxygen atoms in total. The van der Waals surface area contributed by atoms with Gasteiger partial charge < -0.3 is 34.7 Å². The van der Waals surface area contributed by atoms with Crippen molar-refractivity contribution in [2.45, 2.75) is 43.6 Å². The van der Waals surface area contributed by atoms with Crippen LogP contribution in [-0.2, 0) is 25.6 Å². The summed E-state index contributed by atoms with van der Waals surface area (Å²) < 4.78 is 22.1. The topological polar surface area (TPSA) is 115 Å². The summed E-state index contributed by atoms with van der Waals surface area (Å²) in [6.45, 7) is 0.159. The second kappa shape index (κ2) is 10.9. The third-order valence-electron chi connectivity index (χ3n) is 6.12. The molecule has 0 aliphatic carbocycles. The van der Waals surface area contributed by atoms with E-state index in [9.17, 15) is 14.7 Å². The Morgan fingerprint density at radius 3 is 2.62 bits per heavy atom. The summed E-state index contributed by atoms with van der Waals surface area (Å²) in [6.07, 6.45) is -0.508. The Balaban J connectivity index is 1.39. The molecule has 2 aliphatic heterocycles. The lowest BCUT2D eigenvalue weighted by molar-refractivity contribution is -0.142. The summed E-state index contributed by atoms with van der Waals surface area (Å²) >= 11 is 0. The summed E-state index contributed by atoms with van der Waals surface area (Å²) in [4.78, 5) is 24.5. The van der Waals surface area contributed by atoms with E-state index in [-0.39, 0.29) is 49.6 Å². The van der Waals surface area contributed by atoms with Crippen LogP contribution in [0.5, 0.6) is 11.5 Å². The molecule has 0 unspecified atom stereocenters. The first-order valence-corrected chi connectivity index (χ1v) is 11.3. The van der Waals surface area contributed by atoms with Gasteiger partial charge in [0, 0.05) is 30.8 Å². The number of benzene rings is 2. The van der Waals surface area contributed by atoms with Gasteiger partial charge in [0.2, 0.25) is 11.8 Å². The molecule has 2 heterocycles. The van der Waals surface area contributed by atoms with E-state index in [0.29, 0.717) is 24.4 Å². The van der Waals surface area contributed by atoms with Crippen molar-refractivity contribution in [2.24, 2.45) is 0 Å². The molecule has 1 saturated heterocycles. The standard InChI is InChI=1S/C25H30N2O7/c1-31-14-24(30)27-16-5-8-21-19(9-16)20-10-18(33-22(13-28)25(20)34-21)11-23(29)26-12-15-3-6-17(32-2)7-4-15/h3-9,18,20,22,25,28H,10-14H2,1-2H3,(H,26,29)(H,27,30)/t18-,20+,22-,25-/m0/s1. The van der Waals surface area contributed by atoms with Crippen LogP contribution >= 0.6 is 0 Å². The van der Waals surface area contributed by atoms with Gasteiger partial charge in [0.25, 0.3) is 0 Å². The number of ether oxygens (including phenoxy) is 4. The molecule has 0 bridgehead atoms. The molecule has 2 aromatic rings. The lowest BCUT2D eigenvalue weighted by Crippen LogP contribution is -2.47. The lowest BCUT2D eigenvalue weighted by Gasteiger charge is -2.37. The van der Waals surface area contributed by atoms with Crippen LogP contribution in [0.15, 0.2) is 42.5 Å². The third-order valence-corrected chi connectivity index (χ3v) is 6.12. The summed E-state index contributed by atoms with van der Waals surface area (Å²) in [5, 5.41) is 15.6. The highest BCUT2D eigenvalue weighted by Crippen LogP contribution is 2.47. The molecule has 4 rings (SSSR count). The second-order valence-corrected chi connectivity index (χ2v) is 8.47. The maximum absolute atomic E-state index is 12.6. The van der Waals surface area contributed by atoms with E-state index in [0.717, 1.165) is 16.9 Å². The van der Waals surface area contributed by atoms with Gasteiger partial charge in [0.05, 0.1) is 26.2 Å². The zero-order valence-corrected chi connectivity index (χ0v) is 19.3. The van der Waals surface area contributed by atoms with E-state index in [4.69, 9.17) is 18.9 Å². The van der Waals surface area contributed by atoms with Crippen molar-refractivity contribution < 1.29 is 33.6 Å². The van der Waals surface area contributed by atoms with Gasteiger partial charge in [-0.15, -0.1) is 0 Å². The molecular formula is C25H30N2O7. The maximum Gasteiger partial charge on any atom is 0.250 e. The number of aliphatic hydroxyl groups is 1. The molecule has 2 amide bonds. The van der Waals surface area contributed by atoms with Crippen molar-refractivity contribution in [1.82, 2.24) is 5.32 Å². The van der Waals surface area contributed by atoms with E-state index in [1.807, 2.05) is 30.3 Å². The largest absolute Gasteiger partial charge is 0.497 e. The smallest absolute Gasteiger partial charge is 0.250 e. The number of fused-ring (bicyclic) bond motifs is 3. The van der Waals surface area contributed by atoms with Crippen LogP contribution < -0.4 is 20.1 Å². The summed E-state index contributed by atoms with van der Waals surface area (Å²) in [5.74, 6) is 1.03. The Labute approximate surface area is 198 Å². The number of carbonyl (C=O) groups excluding carboxylic acids is 2. The van der Waals surface area contributed by atoms with E-state index in [1.165, 1.54) is 7.11 Å². The number of rotatable bonds is 9. The molecule has 34 heavy (non-hydrogen) atoms. The van der Waals surface area contributed by atoms with Crippen molar-refractivity contribution in [2.75, 3.05) is 32.8 Å². The molecule has 2 aromatic carbocycles. The van der Waals surface area contributed by atoms with Gasteiger partial charge in [0.15, 0.2) is 0 Å². The SMILES string of the molecule is COCC(=O)Nc1ccc2c(c1)[C@H]1C[C@@H](CC(=O)NCc3ccc(OC)cc3)O[C@@H](CO)[C@H]1O2. The van der Waals surface area contributed by atoms with E-state index in [1.54, 1.807) is 19.2 Å².